The van der Waals surface area contributed by atoms with Gasteiger partial charge in [-0.3, -0.25) is 0 Å². The summed E-state index contributed by atoms with van der Waals surface area (Å²) in [6.07, 6.45) is 0. The molecule has 0 spiro atoms. The van der Waals surface area contributed by atoms with Crippen LogP contribution in [-0.4, -0.2) is 0 Å². The van der Waals surface area contributed by atoms with Gasteiger partial charge in [0.25, 0.3) is 0 Å². The Kier molecular flexibility index (Phi) is 359. The van der Waals surface area contributed by atoms with Crippen molar-refractivity contribution in [3.05, 3.63) is 0 Å². The summed E-state index contributed by atoms with van der Waals surface area (Å²) >= 11 is 0. The molecule has 0 unspecified atom stereocenters. The first-order valence-electron chi connectivity index (χ1n) is 0. The minimum absolute atomic E-state index is 0. The maximum Gasteiger partial charge on any atom is 4.00 e. The fourth-order valence-corrected chi connectivity index (χ4v) is 0. The number of rotatable bonds is 0. The van der Waals surface area contributed by atoms with Gasteiger partial charge in [0, 0.05) is 22.4 Å². The van der Waals surface area contributed by atoms with E-state index in [-0.39, 0.29) is 55.1 Å². The van der Waals surface area contributed by atoms with Gasteiger partial charge < -0.3 is 11.0 Å². The van der Waals surface area contributed by atoms with Crippen molar-refractivity contribution in [3.63, 3.8) is 0 Å². The first kappa shape index (κ1) is 54.4. The minimum Gasteiger partial charge on any atom is -2.00 e. The zero-order valence-corrected chi connectivity index (χ0v) is 5.35. The average Bonchev–Trinajstić information content (AvgIpc) is 0. The Bertz CT molecular complexity index is 6.00. The normalized spacial score (nSPS) is 0. The SMILES string of the molecule is [Au].[O-2].[O-2].[Ti+4]. The van der Waals surface area contributed by atoms with Gasteiger partial charge in [-0.15, -0.1) is 0 Å². The molecule has 4 heteroatoms. The molecule has 0 amide bonds. The third-order valence-electron chi connectivity index (χ3n) is 0. The van der Waals surface area contributed by atoms with Crippen LogP contribution in [0.15, 0.2) is 0 Å². The van der Waals surface area contributed by atoms with Crippen molar-refractivity contribution < 1.29 is 55.1 Å². The summed E-state index contributed by atoms with van der Waals surface area (Å²) < 4.78 is 0. The van der Waals surface area contributed by atoms with Crippen LogP contribution in [0.3, 0.4) is 0 Å². The largest absolute Gasteiger partial charge is 4.00 e. The molecule has 0 saturated carbocycles. The molecule has 0 aromatic rings. The van der Waals surface area contributed by atoms with E-state index in [4.69, 9.17) is 0 Å². The van der Waals surface area contributed by atoms with E-state index in [1.807, 2.05) is 0 Å². The second-order valence-electron chi connectivity index (χ2n) is 0. The Balaban J connectivity index is 0. The molecule has 0 atom stereocenters. The monoisotopic (exact) mass is 277 g/mol. The summed E-state index contributed by atoms with van der Waals surface area (Å²) in [7, 11) is 0. The van der Waals surface area contributed by atoms with E-state index in [2.05, 4.69) is 0 Å². The first-order valence-corrected chi connectivity index (χ1v) is 0. The van der Waals surface area contributed by atoms with Crippen LogP contribution in [0.2, 0.25) is 0 Å². The van der Waals surface area contributed by atoms with Crippen molar-refractivity contribution in [3.8, 4) is 0 Å². The van der Waals surface area contributed by atoms with E-state index in [1.54, 1.807) is 0 Å². The molecule has 4 heavy (non-hydrogen) atoms. The van der Waals surface area contributed by atoms with E-state index in [0.29, 0.717) is 0 Å². The smallest absolute Gasteiger partial charge is 2.00 e. The van der Waals surface area contributed by atoms with Gasteiger partial charge in [0.15, 0.2) is 0 Å². The van der Waals surface area contributed by atoms with Crippen molar-refractivity contribution in [1.29, 1.82) is 0 Å². The maximum atomic E-state index is 0. The number of hydrogen-bond donors (Lipinski definition) is 0. The molecule has 1 radical (unpaired) electrons. The summed E-state index contributed by atoms with van der Waals surface area (Å²) in [4.78, 5) is 0. The second kappa shape index (κ2) is 26.4. The van der Waals surface area contributed by atoms with Crippen LogP contribution in [0, 0.1) is 0 Å². The fraction of sp³-hybridized carbons (Fsp3) is 0. The zero-order valence-electron chi connectivity index (χ0n) is 1.62. The summed E-state index contributed by atoms with van der Waals surface area (Å²) in [5.41, 5.74) is 0. The van der Waals surface area contributed by atoms with Gasteiger partial charge in [-0.05, 0) is 0 Å². The fourth-order valence-electron chi connectivity index (χ4n) is 0. The van der Waals surface area contributed by atoms with Crippen LogP contribution in [-0.2, 0) is 55.1 Å². The Morgan fingerprint density at radius 1 is 0.750 bits per heavy atom. The third kappa shape index (κ3) is 10.1. The van der Waals surface area contributed by atoms with Crippen LogP contribution in [0.1, 0.15) is 0 Å². The first-order chi connectivity index (χ1) is 0. The van der Waals surface area contributed by atoms with Gasteiger partial charge in [-0.25, -0.2) is 0 Å². The van der Waals surface area contributed by atoms with Crippen molar-refractivity contribution in [2.45, 2.75) is 0 Å². The molecule has 0 N–H and O–H groups in total. The van der Waals surface area contributed by atoms with E-state index in [9.17, 15) is 0 Å². The Morgan fingerprint density at radius 3 is 0.750 bits per heavy atom. The molecule has 0 heterocycles. The quantitative estimate of drug-likeness (QED) is 0.549. The van der Waals surface area contributed by atoms with E-state index >= 15 is 0 Å². The molecule has 0 aliphatic carbocycles. The van der Waals surface area contributed by atoms with Crippen molar-refractivity contribution >= 4 is 0 Å². The van der Waals surface area contributed by atoms with Crippen molar-refractivity contribution in [1.82, 2.24) is 0 Å². The van der Waals surface area contributed by atoms with Gasteiger partial charge in [-0.2, -0.15) is 0 Å². The molecular weight excluding hydrogens is 277 g/mol. The molecule has 0 rings (SSSR count). The van der Waals surface area contributed by atoms with Crippen LogP contribution >= 0.6 is 0 Å². The van der Waals surface area contributed by atoms with E-state index < -0.39 is 0 Å². The molecule has 2 nitrogen and oxygen atoms in total. The molecule has 0 aliphatic heterocycles. The van der Waals surface area contributed by atoms with Crippen LogP contribution in [0.25, 0.3) is 0 Å². The molecule has 0 bridgehead atoms. The maximum absolute atomic E-state index is 0. The predicted octanol–water partition coefficient (Wildman–Crippen LogP) is -0.243. The standard InChI is InChI=1S/Au.2O.Ti/q;2*-2;+4. The van der Waals surface area contributed by atoms with Crippen molar-refractivity contribution in [2.24, 2.45) is 0 Å². The van der Waals surface area contributed by atoms with Crippen LogP contribution in [0.4, 0.5) is 0 Å². The minimum atomic E-state index is 0. The van der Waals surface area contributed by atoms with Crippen LogP contribution in [0.5, 0.6) is 0 Å². The van der Waals surface area contributed by atoms with Crippen molar-refractivity contribution in [2.75, 3.05) is 0 Å². The average molecular weight is 277 g/mol. The molecule has 0 aromatic carbocycles. The topological polar surface area (TPSA) is 57.0 Å². The molecular formula is AuO2Ti. The summed E-state index contributed by atoms with van der Waals surface area (Å²) in [5.74, 6) is 0. The van der Waals surface area contributed by atoms with E-state index in [0.717, 1.165) is 0 Å². The van der Waals surface area contributed by atoms with Gasteiger partial charge >= 0.3 is 21.7 Å². The summed E-state index contributed by atoms with van der Waals surface area (Å²) in [6, 6.07) is 0. The Labute approximate surface area is 55.0 Å². The molecule has 0 aromatic heterocycles. The van der Waals surface area contributed by atoms with Gasteiger partial charge in [0.2, 0.25) is 0 Å². The molecule has 0 saturated heterocycles. The van der Waals surface area contributed by atoms with Gasteiger partial charge in [-0.1, -0.05) is 0 Å². The Morgan fingerprint density at radius 2 is 0.750 bits per heavy atom. The number of hydrogen-bond acceptors (Lipinski definition) is 0. The third-order valence-corrected chi connectivity index (χ3v) is 0. The summed E-state index contributed by atoms with van der Waals surface area (Å²) in [6.45, 7) is 0. The molecule has 0 aliphatic rings. The van der Waals surface area contributed by atoms with Crippen LogP contribution < -0.4 is 0 Å². The molecule has 0 fully saturated rings. The Hall–Kier alpha value is 1.37. The zero-order chi connectivity index (χ0) is 0. The second-order valence-corrected chi connectivity index (χ2v) is 0. The molecule has 27 valence electrons. The predicted molar refractivity (Wildman–Crippen MR) is 1.37 cm³/mol. The van der Waals surface area contributed by atoms with Gasteiger partial charge in [0.05, 0.1) is 0 Å². The summed E-state index contributed by atoms with van der Waals surface area (Å²) in [5, 5.41) is 0. The van der Waals surface area contributed by atoms with Gasteiger partial charge in [0.1, 0.15) is 0 Å². The van der Waals surface area contributed by atoms with E-state index in [1.165, 1.54) is 0 Å².